The molecule has 0 aliphatic carbocycles. The zero-order valence-electron chi connectivity index (χ0n) is 8.99. The number of amides is 1. The number of carbonyl (C=O) groups is 2. The molecule has 6 nitrogen and oxygen atoms in total. The first-order valence-corrected chi connectivity index (χ1v) is 4.83. The van der Waals surface area contributed by atoms with Crippen LogP contribution in [-0.2, 0) is 9.59 Å². The van der Waals surface area contributed by atoms with Gasteiger partial charge in [-0.25, -0.2) is 4.79 Å². The van der Waals surface area contributed by atoms with Gasteiger partial charge in [0, 0.05) is 19.0 Å². The zero-order chi connectivity index (χ0) is 11.8. The van der Waals surface area contributed by atoms with Crippen molar-refractivity contribution in [3.8, 4) is 0 Å². The minimum absolute atomic E-state index is 0.196. The Bertz CT molecular complexity index is 218. The summed E-state index contributed by atoms with van der Waals surface area (Å²) in [4.78, 5) is 21.6. The number of aliphatic hydroxyl groups excluding tert-OH is 1. The number of hydrogen-bond acceptors (Lipinski definition) is 4. The maximum absolute atomic E-state index is 11.2. The van der Waals surface area contributed by atoms with Gasteiger partial charge in [0.15, 0.2) is 0 Å². The van der Waals surface area contributed by atoms with E-state index in [-0.39, 0.29) is 18.4 Å². The number of hydrogen-bond donors (Lipinski definition) is 4. The Hall–Kier alpha value is -1.14. The van der Waals surface area contributed by atoms with Crippen molar-refractivity contribution in [2.75, 3.05) is 13.2 Å². The molecule has 1 amide bonds. The van der Waals surface area contributed by atoms with Gasteiger partial charge in [-0.05, 0) is 0 Å². The molecule has 0 aliphatic heterocycles. The predicted molar refractivity (Wildman–Crippen MR) is 54.4 cm³/mol. The summed E-state index contributed by atoms with van der Waals surface area (Å²) >= 11 is 0. The molecule has 0 spiro atoms. The average molecular weight is 218 g/mol. The van der Waals surface area contributed by atoms with Crippen LogP contribution in [0.5, 0.6) is 0 Å². The molecule has 0 aromatic rings. The highest BCUT2D eigenvalue weighted by Crippen LogP contribution is 1.86. The Morgan fingerprint density at radius 2 is 1.93 bits per heavy atom. The zero-order valence-corrected chi connectivity index (χ0v) is 8.99. The number of carboxylic acids is 1. The molecule has 0 saturated carbocycles. The number of rotatable bonds is 7. The number of carbonyl (C=O) groups excluding carboxylic acids is 1. The molecule has 0 aliphatic rings. The Morgan fingerprint density at radius 3 is 2.33 bits per heavy atom. The van der Waals surface area contributed by atoms with Gasteiger partial charge in [0.1, 0.15) is 6.04 Å². The van der Waals surface area contributed by atoms with Crippen LogP contribution in [0.4, 0.5) is 0 Å². The fraction of sp³-hybridized carbons (Fsp3) is 0.778. The molecule has 0 aromatic heterocycles. The van der Waals surface area contributed by atoms with Gasteiger partial charge < -0.3 is 20.8 Å². The Kier molecular flexibility index (Phi) is 6.64. The Morgan fingerprint density at radius 1 is 1.33 bits per heavy atom. The third-order valence-corrected chi connectivity index (χ3v) is 1.72. The second-order valence-corrected chi connectivity index (χ2v) is 3.50. The van der Waals surface area contributed by atoms with E-state index in [0.717, 1.165) is 0 Å². The van der Waals surface area contributed by atoms with Crippen molar-refractivity contribution >= 4 is 11.9 Å². The van der Waals surface area contributed by atoms with E-state index in [4.69, 9.17) is 10.2 Å². The first-order chi connectivity index (χ1) is 6.97. The van der Waals surface area contributed by atoms with E-state index in [2.05, 4.69) is 10.6 Å². The molecule has 88 valence electrons. The summed E-state index contributed by atoms with van der Waals surface area (Å²) in [6, 6.07) is -0.928. The summed E-state index contributed by atoms with van der Waals surface area (Å²) in [5, 5.41) is 22.4. The van der Waals surface area contributed by atoms with Gasteiger partial charge in [-0.1, -0.05) is 13.8 Å². The van der Waals surface area contributed by atoms with Gasteiger partial charge in [0.2, 0.25) is 5.91 Å². The Labute approximate surface area is 88.7 Å². The SMILES string of the molecule is CC(C)NCCC(=O)N[C@H](CO)C(=O)O. The maximum Gasteiger partial charge on any atom is 0.328 e. The van der Waals surface area contributed by atoms with Crippen LogP contribution < -0.4 is 10.6 Å². The van der Waals surface area contributed by atoms with Crippen molar-refractivity contribution in [2.24, 2.45) is 0 Å². The van der Waals surface area contributed by atoms with Crippen molar-refractivity contribution in [3.05, 3.63) is 0 Å². The van der Waals surface area contributed by atoms with Crippen molar-refractivity contribution in [2.45, 2.75) is 32.4 Å². The van der Waals surface area contributed by atoms with Crippen molar-refractivity contribution in [3.63, 3.8) is 0 Å². The van der Waals surface area contributed by atoms with E-state index in [0.29, 0.717) is 6.54 Å². The molecule has 15 heavy (non-hydrogen) atoms. The minimum atomic E-state index is -1.23. The molecule has 0 unspecified atom stereocenters. The van der Waals surface area contributed by atoms with Gasteiger partial charge in [-0.15, -0.1) is 0 Å². The van der Waals surface area contributed by atoms with Crippen LogP contribution in [0.25, 0.3) is 0 Å². The molecule has 1 atom stereocenters. The standard InChI is InChI=1S/C9H18N2O4/c1-6(2)10-4-3-8(13)11-7(5-12)9(14)15/h6-7,10,12H,3-5H2,1-2H3,(H,11,13)(H,14,15)/t7-/m1/s1. The van der Waals surface area contributed by atoms with E-state index in [9.17, 15) is 9.59 Å². The molecule has 0 saturated heterocycles. The molecule has 6 heteroatoms. The molecule has 0 bridgehead atoms. The summed E-state index contributed by atoms with van der Waals surface area (Å²) in [5.74, 6) is -1.62. The van der Waals surface area contributed by atoms with Gasteiger partial charge in [0.25, 0.3) is 0 Å². The highest BCUT2D eigenvalue weighted by Gasteiger charge is 2.17. The highest BCUT2D eigenvalue weighted by molar-refractivity contribution is 5.83. The lowest BCUT2D eigenvalue weighted by atomic mass is 10.3. The van der Waals surface area contributed by atoms with Crippen molar-refractivity contribution in [1.29, 1.82) is 0 Å². The lowest BCUT2D eigenvalue weighted by Crippen LogP contribution is -2.44. The highest BCUT2D eigenvalue weighted by atomic mass is 16.4. The number of carboxylic acid groups (broad SMARTS) is 1. The number of aliphatic carboxylic acids is 1. The van der Waals surface area contributed by atoms with Crippen LogP contribution in [-0.4, -0.2) is 47.3 Å². The molecule has 0 rings (SSSR count). The van der Waals surface area contributed by atoms with E-state index in [1.807, 2.05) is 13.8 Å². The van der Waals surface area contributed by atoms with E-state index in [1.165, 1.54) is 0 Å². The van der Waals surface area contributed by atoms with Crippen molar-refractivity contribution in [1.82, 2.24) is 10.6 Å². The summed E-state index contributed by atoms with van der Waals surface area (Å²) in [6.45, 7) is 3.79. The molecule has 4 N–H and O–H groups in total. The Balaban J connectivity index is 3.77. The number of nitrogens with one attached hydrogen (secondary N) is 2. The third-order valence-electron chi connectivity index (χ3n) is 1.72. The van der Waals surface area contributed by atoms with Crippen molar-refractivity contribution < 1.29 is 19.8 Å². The van der Waals surface area contributed by atoms with Crippen LogP contribution in [0, 0.1) is 0 Å². The molecule has 0 radical (unpaired) electrons. The van der Waals surface area contributed by atoms with Crippen LogP contribution in [0.3, 0.4) is 0 Å². The van der Waals surface area contributed by atoms with Crippen LogP contribution in [0.1, 0.15) is 20.3 Å². The largest absolute Gasteiger partial charge is 0.480 e. The monoisotopic (exact) mass is 218 g/mol. The molecular weight excluding hydrogens is 200 g/mol. The lowest BCUT2D eigenvalue weighted by Gasteiger charge is -2.12. The first-order valence-electron chi connectivity index (χ1n) is 4.83. The summed E-state index contributed by atoms with van der Waals surface area (Å²) in [7, 11) is 0. The van der Waals surface area contributed by atoms with E-state index in [1.54, 1.807) is 0 Å². The molecule has 0 heterocycles. The second-order valence-electron chi connectivity index (χ2n) is 3.50. The molecular formula is C9H18N2O4. The van der Waals surface area contributed by atoms with Gasteiger partial charge in [-0.3, -0.25) is 4.79 Å². The van der Waals surface area contributed by atoms with Crippen LogP contribution in [0.15, 0.2) is 0 Å². The van der Waals surface area contributed by atoms with Gasteiger partial charge in [0.05, 0.1) is 6.61 Å². The predicted octanol–water partition coefficient (Wildman–Crippen LogP) is -1.06. The lowest BCUT2D eigenvalue weighted by molar-refractivity contribution is -0.142. The van der Waals surface area contributed by atoms with Crippen LogP contribution >= 0.6 is 0 Å². The fourth-order valence-corrected chi connectivity index (χ4v) is 0.926. The maximum atomic E-state index is 11.2. The third kappa shape index (κ3) is 6.87. The molecule has 0 aromatic carbocycles. The van der Waals surface area contributed by atoms with Crippen LogP contribution in [0.2, 0.25) is 0 Å². The number of aliphatic hydroxyl groups is 1. The first kappa shape index (κ1) is 13.9. The minimum Gasteiger partial charge on any atom is -0.480 e. The smallest absolute Gasteiger partial charge is 0.328 e. The fourth-order valence-electron chi connectivity index (χ4n) is 0.926. The van der Waals surface area contributed by atoms with E-state index < -0.39 is 18.6 Å². The normalized spacial score (nSPS) is 12.5. The quantitative estimate of drug-likeness (QED) is 0.436. The van der Waals surface area contributed by atoms with E-state index >= 15 is 0 Å². The summed E-state index contributed by atoms with van der Waals surface area (Å²) < 4.78 is 0. The van der Waals surface area contributed by atoms with Gasteiger partial charge in [-0.2, -0.15) is 0 Å². The topological polar surface area (TPSA) is 98.7 Å². The van der Waals surface area contributed by atoms with Gasteiger partial charge >= 0.3 is 5.97 Å². The second kappa shape index (κ2) is 7.19. The summed E-state index contributed by atoms with van der Waals surface area (Å²) in [5.41, 5.74) is 0. The molecule has 0 fully saturated rings. The summed E-state index contributed by atoms with van der Waals surface area (Å²) in [6.07, 6.45) is 0.196. The average Bonchev–Trinajstić information content (AvgIpc) is 2.13.